The van der Waals surface area contributed by atoms with Gasteiger partial charge in [-0.15, -0.1) is 0 Å². The number of carboxylic acid groups (broad SMARTS) is 1. The van der Waals surface area contributed by atoms with Crippen LogP contribution in [0.2, 0.25) is 0 Å². The maximum absolute atomic E-state index is 10.5. The van der Waals surface area contributed by atoms with Gasteiger partial charge in [-0.25, -0.2) is 0 Å². The number of ketones is 1. The molecule has 18 heavy (non-hydrogen) atoms. The predicted molar refractivity (Wildman–Crippen MR) is 58.5 cm³/mol. The number of hydrogen-bond acceptors (Lipinski definition) is 8. The summed E-state index contributed by atoms with van der Waals surface area (Å²) in [4.78, 5) is 20.1. The van der Waals surface area contributed by atoms with Crippen molar-refractivity contribution >= 4 is 11.8 Å². The van der Waals surface area contributed by atoms with E-state index in [-0.39, 0.29) is 0 Å². The number of carbonyl (C=O) groups is 2. The van der Waals surface area contributed by atoms with Gasteiger partial charge in [0, 0.05) is 0 Å². The third-order valence-electron chi connectivity index (χ3n) is 1.78. The van der Waals surface area contributed by atoms with E-state index in [4.69, 9.17) is 36.4 Å². The summed E-state index contributed by atoms with van der Waals surface area (Å²) in [6.45, 7) is -0.268. The van der Waals surface area contributed by atoms with Gasteiger partial charge in [-0.05, 0) is 6.92 Å². The van der Waals surface area contributed by atoms with E-state index < -0.39 is 49.3 Å². The molecule has 1 unspecified atom stereocenters. The third kappa shape index (κ3) is 8.06. The van der Waals surface area contributed by atoms with E-state index in [1.54, 1.807) is 0 Å². The smallest absolute Gasteiger partial charge is 0.320 e. The van der Waals surface area contributed by atoms with Gasteiger partial charge in [0.1, 0.15) is 31.0 Å². The molecule has 0 aliphatic rings. The number of carboxylic acids is 1. The Bertz CT molecular complexity index is 257. The Morgan fingerprint density at radius 3 is 1.78 bits per heavy atom. The van der Waals surface area contributed by atoms with E-state index in [1.165, 1.54) is 6.92 Å². The summed E-state index contributed by atoms with van der Waals surface area (Å²) in [5, 5.41) is 50.9. The lowest BCUT2D eigenvalue weighted by molar-refractivity contribution is -0.142. The molecule has 0 aliphatic carbocycles. The van der Waals surface area contributed by atoms with E-state index in [2.05, 4.69) is 0 Å². The summed E-state index contributed by atoms with van der Waals surface area (Å²) in [6, 6.07) is -0.731. The van der Waals surface area contributed by atoms with Gasteiger partial charge < -0.3 is 36.4 Å². The molecule has 4 atom stereocenters. The Labute approximate surface area is 103 Å². The molecule has 0 aromatic carbocycles. The number of aliphatic carboxylic acids is 1. The van der Waals surface area contributed by atoms with Crippen LogP contribution >= 0.6 is 0 Å². The minimum atomic E-state index is -1.86. The van der Waals surface area contributed by atoms with Crippen molar-refractivity contribution in [1.82, 2.24) is 0 Å². The topological polar surface area (TPSA) is 182 Å². The molecule has 0 fully saturated rings. The van der Waals surface area contributed by atoms with Crippen molar-refractivity contribution in [2.24, 2.45) is 5.73 Å². The van der Waals surface area contributed by atoms with Crippen molar-refractivity contribution in [1.29, 1.82) is 0 Å². The fourth-order valence-electron chi connectivity index (χ4n) is 0.602. The summed E-state index contributed by atoms with van der Waals surface area (Å²) < 4.78 is 0. The van der Waals surface area contributed by atoms with Crippen molar-refractivity contribution in [3.05, 3.63) is 0 Å². The quantitative estimate of drug-likeness (QED) is 0.253. The number of nitrogens with two attached hydrogens (primary N) is 1. The Hall–Kier alpha value is -1.10. The lowest BCUT2D eigenvalue weighted by Crippen LogP contribution is -2.44. The lowest BCUT2D eigenvalue weighted by atomic mass is 10.1. The highest BCUT2D eigenvalue weighted by atomic mass is 16.4. The van der Waals surface area contributed by atoms with E-state index >= 15 is 0 Å². The van der Waals surface area contributed by atoms with Gasteiger partial charge in [0.15, 0.2) is 5.78 Å². The molecule has 0 saturated heterocycles. The molecule has 0 heterocycles. The van der Waals surface area contributed by atoms with Crippen molar-refractivity contribution in [2.45, 2.75) is 31.3 Å². The van der Waals surface area contributed by atoms with Crippen molar-refractivity contribution in [3.8, 4) is 0 Å². The SMILES string of the molecule is CC(N)C(=O)O.O=C(CO)[C@@H](O)[C@H](O)[C@H](O)CO. The molecule has 9 nitrogen and oxygen atoms in total. The fourth-order valence-corrected chi connectivity index (χ4v) is 0.602. The van der Waals surface area contributed by atoms with Crippen LogP contribution in [0, 0.1) is 0 Å². The second-order valence-corrected chi connectivity index (χ2v) is 3.44. The van der Waals surface area contributed by atoms with Gasteiger partial charge >= 0.3 is 5.97 Å². The van der Waals surface area contributed by atoms with Crippen LogP contribution in [0.1, 0.15) is 6.92 Å². The Balaban J connectivity index is 0. The molecule has 0 saturated carbocycles. The average molecular weight is 269 g/mol. The Morgan fingerprint density at radius 1 is 1.17 bits per heavy atom. The summed E-state index contributed by atoms with van der Waals surface area (Å²) in [5.41, 5.74) is 4.84. The van der Waals surface area contributed by atoms with Gasteiger partial charge in [-0.1, -0.05) is 0 Å². The van der Waals surface area contributed by atoms with Gasteiger partial charge in [-0.3, -0.25) is 9.59 Å². The van der Waals surface area contributed by atoms with E-state index in [0.717, 1.165) is 0 Å². The van der Waals surface area contributed by atoms with Crippen LogP contribution in [0.25, 0.3) is 0 Å². The predicted octanol–water partition coefficient (Wildman–Crippen LogP) is -3.96. The molecule has 9 heteroatoms. The highest BCUT2D eigenvalue weighted by Gasteiger charge is 2.28. The summed E-state index contributed by atoms with van der Waals surface area (Å²) in [6.07, 6.45) is -5.22. The summed E-state index contributed by atoms with van der Waals surface area (Å²) in [5.74, 6) is -1.97. The number of aliphatic hydroxyl groups excluding tert-OH is 5. The number of hydrogen-bond donors (Lipinski definition) is 7. The number of aliphatic hydroxyl groups is 5. The molecule has 108 valence electrons. The molecule has 0 radical (unpaired) electrons. The zero-order valence-electron chi connectivity index (χ0n) is 9.80. The van der Waals surface area contributed by atoms with Gasteiger partial charge in [0.05, 0.1) is 6.61 Å². The van der Waals surface area contributed by atoms with Crippen LogP contribution in [-0.4, -0.2) is 80.0 Å². The lowest BCUT2D eigenvalue weighted by Gasteiger charge is -2.19. The van der Waals surface area contributed by atoms with Crippen LogP contribution in [0.15, 0.2) is 0 Å². The van der Waals surface area contributed by atoms with Crippen LogP contribution in [-0.2, 0) is 9.59 Å². The summed E-state index contributed by atoms with van der Waals surface area (Å²) >= 11 is 0. The largest absolute Gasteiger partial charge is 0.480 e. The van der Waals surface area contributed by atoms with Gasteiger partial charge in [0.2, 0.25) is 0 Å². The first-order valence-corrected chi connectivity index (χ1v) is 4.96. The standard InChI is InChI=1S/C6H12O6.C3H7NO2/c7-1-3(9)5(11)6(12)4(10)2-8;1-2(4)3(5)6/h3,5-9,11-12H,1-2H2;2H,4H2,1H3,(H,5,6)/t3-,5-,6-;/m1./s1. The molecule has 0 aliphatic heterocycles. The molecule has 0 spiro atoms. The van der Waals surface area contributed by atoms with E-state index in [1.807, 2.05) is 0 Å². The highest BCUT2D eigenvalue weighted by Crippen LogP contribution is 2.00. The zero-order chi connectivity index (χ0) is 14.9. The molecular weight excluding hydrogens is 250 g/mol. The minimum absolute atomic E-state index is 0.731. The number of carbonyl (C=O) groups excluding carboxylic acids is 1. The second kappa shape index (κ2) is 9.88. The second-order valence-electron chi connectivity index (χ2n) is 3.44. The van der Waals surface area contributed by atoms with Crippen molar-refractivity contribution in [3.63, 3.8) is 0 Å². The molecular formula is C9H19NO8. The van der Waals surface area contributed by atoms with Gasteiger partial charge in [-0.2, -0.15) is 0 Å². The van der Waals surface area contributed by atoms with Crippen LogP contribution < -0.4 is 5.73 Å². The number of rotatable bonds is 6. The fraction of sp³-hybridized carbons (Fsp3) is 0.778. The van der Waals surface area contributed by atoms with Crippen LogP contribution in [0.4, 0.5) is 0 Å². The third-order valence-corrected chi connectivity index (χ3v) is 1.78. The van der Waals surface area contributed by atoms with Crippen LogP contribution in [0.5, 0.6) is 0 Å². The van der Waals surface area contributed by atoms with Crippen molar-refractivity contribution in [2.75, 3.05) is 13.2 Å². The van der Waals surface area contributed by atoms with E-state index in [0.29, 0.717) is 0 Å². The zero-order valence-corrected chi connectivity index (χ0v) is 9.80. The average Bonchev–Trinajstić information content (AvgIpc) is 2.35. The number of Topliss-reactive ketones (excluding diaryl/α,β-unsaturated/α-hetero) is 1. The molecule has 8 N–H and O–H groups in total. The monoisotopic (exact) mass is 269 g/mol. The molecule has 0 amide bonds. The first-order valence-electron chi connectivity index (χ1n) is 4.96. The molecule has 0 bridgehead atoms. The first kappa shape index (κ1) is 19.2. The van der Waals surface area contributed by atoms with Crippen LogP contribution in [0.3, 0.4) is 0 Å². The minimum Gasteiger partial charge on any atom is -0.480 e. The normalized spacial score (nSPS) is 16.8. The molecule has 0 rings (SSSR count). The Morgan fingerprint density at radius 2 is 1.56 bits per heavy atom. The summed E-state index contributed by atoms with van der Waals surface area (Å²) in [7, 11) is 0. The molecule has 0 aromatic rings. The maximum atomic E-state index is 10.5. The Kier molecular flexibility index (Phi) is 10.6. The highest BCUT2D eigenvalue weighted by molar-refractivity contribution is 5.84. The van der Waals surface area contributed by atoms with Gasteiger partial charge in [0.25, 0.3) is 0 Å². The van der Waals surface area contributed by atoms with Crippen molar-refractivity contribution < 1.29 is 40.2 Å². The van der Waals surface area contributed by atoms with E-state index in [9.17, 15) is 9.59 Å². The molecule has 0 aromatic heterocycles. The first-order chi connectivity index (χ1) is 8.18. The maximum Gasteiger partial charge on any atom is 0.320 e.